The van der Waals surface area contributed by atoms with Crippen molar-refractivity contribution in [1.29, 1.82) is 5.41 Å². The number of nitrogens with zero attached hydrogens (tertiary/aromatic N) is 3. The van der Waals surface area contributed by atoms with Crippen LogP contribution in [0.1, 0.15) is 30.0 Å². The van der Waals surface area contributed by atoms with Crippen LogP contribution in [0.15, 0.2) is 52.5 Å². The molecule has 34 heavy (non-hydrogen) atoms. The fourth-order valence-electron chi connectivity index (χ4n) is 3.53. The molecule has 1 aliphatic rings. The third kappa shape index (κ3) is 5.24. The number of nitrogens with two attached hydrogens (primary N) is 1. The van der Waals surface area contributed by atoms with Gasteiger partial charge in [0.25, 0.3) is 5.91 Å². The van der Waals surface area contributed by atoms with E-state index in [0.717, 1.165) is 17.8 Å². The largest absolute Gasteiger partial charge is 0.416 e. The van der Waals surface area contributed by atoms with Gasteiger partial charge in [-0.3, -0.25) is 9.48 Å². The molecule has 0 saturated carbocycles. The summed E-state index contributed by atoms with van der Waals surface area (Å²) in [7, 11) is 0. The minimum absolute atomic E-state index is 0.0122. The van der Waals surface area contributed by atoms with E-state index in [9.17, 15) is 18.0 Å². The number of hydrogen-bond acceptors (Lipinski definition) is 5. The van der Waals surface area contributed by atoms with E-state index < -0.39 is 17.6 Å². The molecule has 2 heterocycles. The third-order valence-corrected chi connectivity index (χ3v) is 6.34. The molecule has 1 amide bonds. The summed E-state index contributed by atoms with van der Waals surface area (Å²) in [4.78, 5) is 16.6. The first-order valence-corrected chi connectivity index (χ1v) is 11.4. The van der Waals surface area contributed by atoms with Crippen molar-refractivity contribution in [2.75, 3.05) is 0 Å². The Balaban J connectivity index is 1.57. The maximum Gasteiger partial charge on any atom is 0.416 e. The Morgan fingerprint density at radius 3 is 2.76 bits per heavy atom. The first kappa shape index (κ1) is 24.2. The van der Waals surface area contributed by atoms with Gasteiger partial charge in [0.2, 0.25) is 0 Å². The van der Waals surface area contributed by atoms with E-state index >= 15 is 0 Å². The number of hydrogen-bond donors (Lipinski definition) is 2. The van der Waals surface area contributed by atoms with E-state index in [1.165, 1.54) is 16.8 Å². The minimum atomic E-state index is -4.53. The Kier molecular flexibility index (Phi) is 6.66. The number of alkyl halides is 3. The van der Waals surface area contributed by atoms with Crippen molar-refractivity contribution in [1.82, 2.24) is 9.78 Å². The molecular weight excluding hydrogens is 487 g/mol. The molecule has 1 aromatic heterocycles. The fraction of sp³-hybridized carbons (Fsp3) is 0.217. The van der Waals surface area contributed by atoms with E-state index in [1.807, 2.05) is 0 Å². The van der Waals surface area contributed by atoms with Crippen molar-refractivity contribution >= 4 is 57.0 Å². The number of thioether (sulfide) groups is 1. The number of aliphatic imine (C=N–C) groups is 1. The van der Waals surface area contributed by atoms with Gasteiger partial charge < -0.3 is 11.1 Å². The Labute approximate surface area is 202 Å². The lowest BCUT2D eigenvalue weighted by atomic mass is 10.1. The SMILES string of the molecule is C[C@@H](N)CC(=N)C1=NC(=O)C(=Cc2ccc3c(cnn3Cc3ccc(Cl)cc3C(F)(F)F)c2)S1. The summed E-state index contributed by atoms with van der Waals surface area (Å²) in [6, 6.07) is 8.74. The van der Waals surface area contributed by atoms with Gasteiger partial charge in [-0.1, -0.05) is 35.5 Å². The number of halogens is 4. The van der Waals surface area contributed by atoms with E-state index in [2.05, 4.69) is 10.1 Å². The number of rotatable bonds is 6. The standard InChI is InChI=1S/C23H19ClF3N5OS/c1-12(28)6-18(29)22-31-21(33)20(34-22)8-13-2-5-19-15(7-13)10-30-32(19)11-14-3-4-16(24)9-17(14)23(25,26)27/h2-5,7-10,12,29H,6,11,28H2,1H3/t12-/m1/s1. The van der Waals surface area contributed by atoms with Crippen molar-refractivity contribution in [3.63, 3.8) is 0 Å². The molecule has 1 atom stereocenters. The number of fused-ring (bicyclic) bond motifs is 1. The predicted molar refractivity (Wildman–Crippen MR) is 129 cm³/mol. The Morgan fingerprint density at radius 1 is 1.29 bits per heavy atom. The van der Waals surface area contributed by atoms with E-state index in [-0.39, 0.29) is 28.9 Å². The van der Waals surface area contributed by atoms with Crippen LogP contribution in [0, 0.1) is 5.41 Å². The molecule has 0 aliphatic carbocycles. The molecule has 0 fully saturated rings. The molecule has 1 aliphatic heterocycles. The maximum absolute atomic E-state index is 13.4. The van der Waals surface area contributed by atoms with Crippen LogP contribution in [0.2, 0.25) is 5.02 Å². The second kappa shape index (κ2) is 9.36. The molecular formula is C23H19ClF3N5OS. The van der Waals surface area contributed by atoms with Gasteiger partial charge in [-0.15, -0.1) is 0 Å². The van der Waals surface area contributed by atoms with Gasteiger partial charge in [-0.2, -0.15) is 23.3 Å². The molecule has 0 saturated heterocycles. The van der Waals surface area contributed by atoms with Crippen LogP contribution in [0.5, 0.6) is 0 Å². The normalized spacial score (nSPS) is 16.4. The first-order valence-electron chi connectivity index (χ1n) is 10.2. The number of nitrogens with one attached hydrogen (secondary N) is 1. The lowest BCUT2D eigenvalue weighted by molar-refractivity contribution is -0.138. The number of amides is 1. The highest BCUT2D eigenvalue weighted by Gasteiger charge is 2.33. The number of carbonyl (C=O) groups is 1. The van der Waals surface area contributed by atoms with Gasteiger partial charge in [-0.25, -0.2) is 0 Å². The van der Waals surface area contributed by atoms with Gasteiger partial charge in [0.1, 0.15) is 5.04 Å². The molecule has 0 radical (unpaired) electrons. The Bertz CT molecular complexity index is 1360. The highest BCUT2D eigenvalue weighted by Crippen LogP contribution is 2.35. The van der Waals surface area contributed by atoms with Crippen molar-refractivity contribution in [2.45, 2.75) is 32.1 Å². The second-order valence-corrected chi connectivity index (χ2v) is 9.38. The molecule has 4 rings (SSSR count). The molecule has 2 aromatic carbocycles. The third-order valence-electron chi connectivity index (χ3n) is 5.07. The number of aromatic nitrogens is 2. The molecule has 0 spiro atoms. The molecule has 3 aromatic rings. The van der Waals surface area contributed by atoms with Crippen LogP contribution < -0.4 is 5.73 Å². The minimum Gasteiger partial charge on any atom is -0.328 e. The summed E-state index contributed by atoms with van der Waals surface area (Å²) >= 11 is 6.89. The zero-order valence-corrected chi connectivity index (χ0v) is 19.4. The Hall–Kier alpha value is -2.95. The molecule has 176 valence electrons. The Morgan fingerprint density at radius 2 is 2.06 bits per heavy atom. The van der Waals surface area contributed by atoms with Crippen molar-refractivity contribution in [3.8, 4) is 0 Å². The molecule has 3 N–H and O–H groups in total. The molecule has 11 heteroatoms. The average molecular weight is 506 g/mol. The zero-order chi connectivity index (χ0) is 24.6. The lowest BCUT2D eigenvalue weighted by Gasteiger charge is -2.14. The molecule has 0 unspecified atom stereocenters. The zero-order valence-electron chi connectivity index (χ0n) is 17.9. The summed E-state index contributed by atoms with van der Waals surface area (Å²) in [5.41, 5.74) is 6.55. The summed E-state index contributed by atoms with van der Waals surface area (Å²) in [5.74, 6) is -0.423. The van der Waals surface area contributed by atoms with Crippen LogP contribution in [0.25, 0.3) is 17.0 Å². The van der Waals surface area contributed by atoms with Gasteiger partial charge in [0, 0.05) is 22.9 Å². The van der Waals surface area contributed by atoms with Crippen LogP contribution >= 0.6 is 23.4 Å². The van der Waals surface area contributed by atoms with Crippen molar-refractivity contribution in [3.05, 3.63) is 69.2 Å². The smallest absolute Gasteiger partial charge is 0.328 e. The predicted octanol–water partition coefficient (Wildman–Crippen LogP) is 5.53. The van der Waals surface area contributed by atoms with Gasteiger partial charge in [-0.05, 0) is 48.4 Å². The summed E-state index contributed by atoms with van der Waals surface area (Å²) < 4.78 is 41.8. The van der Waals surface area contributed by atoms with E-state index in [4.69, 9.17) is 22.7 Å². The van der Waals surface area contributed by atoms with Gasteiger partial charge in [0.15, 0.2) is 0 Å². The van der Waals surface area contributed by atoms with Crippen molar-refractivity contribution < 1.29 is 18.0 Å². The van der Waals surface area contributed by atoms with Crippen LogP contribution in [0.3, 0.4) is 0 Å². The van der Waals surface area contributed by atoms with Crippen LogP contribution in [0.4, 0.5) is 13.2 Å². The van der Waals surface area contributed by atoms with E-state index in [0.29, 0.717) is 32.8 Å². The van der Waals surface area contributed by atoms with E-state index in [1.54, 1.807) is 37.4 Å². The van der Waals surface area contributed by atoms with Crippen LogP contribution in [-0.2, 0) is 17.5 Å². The first-order chi connectivity index (χ1) is 16.0. The maximum atomic E-state index is 13.4. The monoisotopic (exact) mass is 505 g/mol. The summed E-state index contributed by atoms with van der Waals surface area (Å²) in [6.45, 7) is 1.70. The average Bonchev–Trinajstić information content (AvgIpc) is 3.31. The lowest BCUT2D eigenvalue weighted by Crippen LogP contribution is -2.22. The summed E-state index contributed by atoms with van der Waals surface area (Å²) in [5, 5.41) is 13.3. The van der Waals surface area contributed by atoms with Crippen LogP contribution in [-0.4, -0.2) is 32.5 Å². The van der Waals surface area contributed by atoms with Crippen molar-refractivity contribution in [2.24, 2.45) is 10.7 Å². The highest BCUT2D eigenvalue weighted by molar-refractivity contribution is 8.20. The summed E-state index contributed by atoms with van der Waals surface area (Å²) in [6.07, 6.45) is -0.987. The van der Waals surface area contributed by atoms with Gasteiger partial charge in [0.05, 0.1) is 34.4 Å². The number of carbonyl (C=O) groups excluding carboxylic acids is 1. The topological polar surface area (TPSA) is 97.1 Å². The second-order valence-electron chi connectivity index (χ2n) is 7.91. The highest BCUT2D eigenvalue weighted by atomic mass is 35.5. The molecule has 6 nitrogen and oxygen atoms in total. The fourth-order valence-corrected chi connectivity index (χ4v) is 4.58. The van der Waals surface area contributed by atoms with Gasteiger partial charge >= 0.3 is 6.18 Å². The number of benzene rings is 2. The molecule has 0 bridgehead atoms. The quantitative estimate of drug-likeness (QED) is 0.340.